The molecule has 0 radical (unpaired) electrons. The van der Waals surface area contributed by atoms with Gasteiger partial charge in [-0.05, 0) is 54.3 Å². The fourth-order valence-corrected chi connectivity index (χ4v) is 3.05. The Morgan fingerprint density at radius 3 is 2.48 bits per heavy atom. The van der Waals surface area contributed by atoms with Gasteiger partial charge in [0.2, 0.25) is 0 Å². The average molecular weight is 389 g/mol. The van der Waals surface area contributed by atoms with Crippen molar-refractivity contribution < 1.29 is 4.74 Å². The molecule has 2 N–H and O–H groups in total. The van der Waals surface area contributed by atoms with E-state index >= 15 is 0 Å². The van der Waals surface area contributed by atoms with Gasteiger partial charge in [0, 0.05) is 20.6 Å². The summed E-state index contributed by atoms with van der Waals surface area (Å²) >= 11 is 15.6. The number of halogens is 3. The van der Waals surface area contributed by atoms with Gasteiger partial charge in [0.25, 0.3) is 0 Å². The summed E-state index contributed by atoms with van der Waals surface area (Å²) in [5, 5.41) is 1.29. The lowest BCUT2D eigenvalue weighted by Gasteiger charge is -2.15. The van der Waals surface area contributed by atoms with E-state index < -0.39 is 0 Å². The zero-order chi connectivity index (χ0) is 15.4. The van der Waals surface area contributed by atoms with Gasteiger partial charge in [-0.15, -0.1) is 0 Å². The van der Waals surface area contributed by atoms with Crippen LogP contribution in [0.5, 0.6) is 5.75 Å². The Labute approximate surface area is 143 Å². The summed E-state index contributed by atoms with van der Waals surface area (Å²) in [7, 11) is 1.65. The minimum Gasteiger partial charge on any atom is -0.497 e. The molecule has 0 saturated heterocycles. The molecule has 0 aliphatic carbocycles. The van der Waals surface area contributed by atoms with Crippen LogP contribution in [0.15, 0.2) is 40.9 Å². The van der Waals surface area contributed by atoms with Crippen molar-refractivity contribution in [1.29, 1.82) is 0 Å². The van der Waals surface area contributed by atoms with Crippen LogP contribution in [0.25, 0.3) is 0 Å². The second kappa shape index (κ2) is 7.50. The highest BCUT2D eigenvalue weighted by molar-refractivity contribution is 9.10. The minimum atomic E-state index is -0.0351. The van der Waals surface area contributed by atoms with Gasteiger partial charge in [-0.25, -0.2) is 0 Å². The van der Waals surface area contributed by atoms with Crippen LogP contribution in [0.4, 0.5) is 0 Å². The zero-order valence-corrected chi connectivity index (χ0v) is 14.7. The van der Waals surface area contributed by atoms with Crippen LogP contribution in [0.2, 0.25) is 10.0 Å². The molecule has 1 atom stereocenters. The molecule has 0 spiro atoms. The topological polar surface area (TPSA) is 35.2 Å². The molecule has 2 aromatic carbocycles. The van der Waals surface area contributed by atoms with Crippen LogP contribution in [0, 0.1) is 0 Å². The molecule has 0 amide bonds. The van der Waals surface area contributed by atoms with Crippen molar-refractivity contribution >= 4 is 39.1 Å². The quantitative estimate of drug-likeness (QED) is 0.792. The Balaban J connectivity index is 2.09. The molecule has 2 nitrogen and oxygen atoms in total. The smallest absolute Gasteiger partial charge is 0.119 e. The Bertz CT molecular complexity index is 634. The first kappa shape index (κ1) is 16.6. The first-order chi connectivity index (χ1) is 9.99. The van der Waals surface area contributed by atoms with E-state index in [1.165, 1.54) is 0 Å². The van der Waals surface area contributed by atoms with Crippen molar-refractivity contribution in [2.45, 2.75) is 18.9 Å². The van der Waals surface area contributed by atoms with Crippen LogP contribution in [0.3, 0.4) is 0 Å². The van der Waals surface area contributed by atoms with Crippen molar-refractivity contribution in [3.05, 3.63) is 62.0 Å². The first-order valence-corrected chi connectivity index (χ1v) is 8.06. The van der Waals surface area contributed by atoms with E-state index in [1.807, 2.05) is 30.3 Å². The molecule has 0 heterocycles. The largest absolute Gasteiger partial charge is 0.497 e. The molecule has 0 aromatic heterocycles. The SMILES string of the molecule is COc1ccc(Br)c(CC(N)Cc2ccc(Cl)cc2Cl)c1. The van der Waals surface area contributed by atoms with Gasteiger partial charge in [-0.1, -0.05) is 45.2 Å². The lowest BCUT2D eigenvalue weighted by atomic mass is 9.99. The monoisotopic (exact) mass is 387 g/mol. The molecular formula is C16H16BrCl2NO. The standard InChI is InChI=1S/C16H16BrCl2NO/c1-21-14-4-5-15(17)11(8-14)7-13(20)6-10-2-3-12(18)9-16(10)19/h2-5,8-9,13H,6-7,20H2,1H3. The van der Waals surface area contributed by atoms with E-state index in [-0.39, 0.29) is 6.04 Å². The molecule has 0 aliphatic rings. The van der Waals surface area contributed by atoms with Gasteiger partial charge in [0.15, 0.2) is 0 Å². The fourth-order valence-electron chi connectivity index (χ4n) is 2.16. The average Bonchev–Trinajstić information content (AvgIpc) is 2.44. The lowest BCUT2D eigenvalue weighted by Crippen LogP contribution is -2.25. The van der Waals surface area contributed by atoms with E-state index in [0.29, 0.717) is 16.5 Å². The van der Waals surface area contributed by atoms with Gasteiger partial charge < -0.3 is 10.5 Å². The molecule has 2 rings (SSSR count). The predicted octanol–water partition coefficient (Wildman–Crippen LogP) is 4.88. The number of hydrogen-bond acceptors (Lipinski definition) is 2. The number of methoxy groups -OCH3 is 1. The number of nitrogens with two attached hydrogens (primary N) is 1. The third kappa shape index (κ3) is 4.62. The highest BCUT2D eigenvalue weighted by atomic mass is 79.9. The maximum atomic E-state index is 6.25. The predicted molar refractivity (Wildman–Crippen MR) is 92.5 cm³/mol. The normalized spacial score (nSPS) is 12.2. The molecule has 112 valence electrons. The van der Waals surface area contributed by atoms with Crippen LogP contribution >= 0.6 is 39.1 Å². The summed E-state index contributed by atoms with van der Waals surface area (Å²) in [6.45, 7) is 0. The third-order valence-corrected chi connectivity index (χ3v) is 4.59. The lowest BCUT2D eigenvalue weighted by molar-refractivity contribution is 0.414. The molecule has 0 aliphatic heterocycles. The molecule has 5 heteroatoms. The molecule has 0 saturated carbocycles. The van der Waals surface area contributed by atoms with Crippen molar-refractivity contribution in [2.75, 3.05) is 7.11 Å². The van der Waals surface area contributed by atoms with Gasteiger partial charge in [0.1, 0.15) is 5.75 Å². The summed E-state index contributed by atoms with van der Waals surface area (Å²) in [6.07, 6.45) is 1.43. The molecule has 0 fully saturated rings. The maximum Gasteiger partial charge on any atom is 0.119 e. The second-order valence-electron chi connectivity index (χ2n) is 4.86. The van der Waals surface area contributed by atoms with Gasteiger partial charge in [0.05, 0.1) is 7.11 Å². The highest BCUT2D eigenvalue weighted by Crippen LogP contribution is 2.26. The van der Waals surface area contributed by atoms with Crippen LogP contribution in [0.1, 0.15) is 11.1 Å². The number of benzene rings is 2. The highest BCUT2D eigenvalue weighted by Gasteiger charge is 2.11. The maximum absolute atomic E-state index is 6.25. The van der Waals surface area contributed by atoms with Crippen molar-refractivity contribution in [3.8, 4) is 5.75 Å². The van der Waals surface area contributed by atoms with Crippen molar-refractivity contribution in [3.63, 3.8) is 0 Å². The van der Waals surface area contributed by atoms with Gasteiger partial charge >= 0.3 is 0 Å². The number of rotatable bonds is 5. The second-order valence-corrected chi connectivity index (χ2v) is 6.56. The number of ether oxygens (including phenoxy) is 1. The van der Waals surface area contributed by atoms with E-state index in [9.17, 15) is 0 Å². The summed E-state index contributed by atoms with van der Waals surface area (Å²) in [5.74, 6) is 0.824. The van der Waals surface area contributed by atoms with Gasteiger partial charge in [-0.3, -0.25) is 0 Å². The molecule has 21 heavy (non-hydrogen) atoms. The molecule has 1 unspecified atom stereocenters. The van der Waals surface area contributed by atoms with Crippen LogP contribution < -0.4 is 10.5 Å². The number of hydrogen-bond donors (Lipinski definition) is 1. The summed E-state index contributed by atoms with van der Waals surface area (Å²) < 4.78 is 6.27. The Morgan fingerprint density at radius 1 is 1.10 bits per heavy atom. The Kier molecular flexibility index (Phi) is 5.94. The molecule has 2 aromatic rings. The van der Waals surface area contributed by atoms with E-state index in [0.717, 1.165) is 27.8 Å². The van der Waals surface area contributed by atoms with Crippen LogP contribution in [-0.2, 0) is 12.8 Å². The summed E-state index contributed by atoms with van der Waals surface area (Å²) in [6, 6.07) is 11.3. The summed E-state index contributed by atoms with van der Waals surface area (Å²) in [5.41, 5.74) is 8.38. The van der Waals surface area contributed by atoms with Crippen LogP contribution in [-0.4, -0.2) is 13.2 Å². The van der Waals surface area contributed by atoms with Crippen molar-refractivity contribution in [2.24, 2.45) is 5.73 Å². The van der Waals surface area contributed by atoms with E-state index in [4.69, 9.17) is 33.7 Å². The van der Waals surface area contributed by atoms with E-state index in [2.05, 4.69) is 15.9 Å². The summed E-state index contributed by atoms with van der Waals surface area (Å²) in [4.78, 5) is 0. The molecular weight excluding hydrogens is 373 g/mol. The Hall–Kier alpha value is -0.740. The fraction of sp³-hybridized carbons (Fsp3) is 0.250. The first-order valence-electron chi connectivity index (χ1n) is 6.51. The zero-order valence-electron chi connectivity index (χ0n) is 11.6. The van der Waals surface area contributed by atoms with Gasteiger partial charge in [-0.2, -0.15) is 0 Å². The van der Waals surface area contributed by atoms with Crippen molar-refractivity contribution in [1.82, 2.24) is 0 Å². The minimum absolute atomic E-state index is 0.0351. The Morgan fingerprint density at radius 2 is 1.81 bits per heavy atom. The molecule has 0 bridgehead atoms. The third-order valence-electron chi connectivity index (χ3n) is 3.23. The van der Waals surface area contributed by atoms with E-state index in [1.54, 1.807) is 13.2 Å².